The number of hydrogen-bond acceptors (Lipinski definition) is 4. The van der Waals surface area contributed by atoms with Crippen LogP contribution in [-0.4, -0.2) is 36.6 Å². The lowest BCUT2D eigenvalue weighted by Crippen LogP contribution is -2.44. The van der Waals surface area contributed by atoms with Gasteiger partial charge in [-0.25, -0.2) is 4.99 Å². The van der Waals surface area contributed by atoms with Gasteiger partial charge >= 0.3 is 0 Å². The van der Waals surface area contributed by atoms with E-state index in [9.17, 15) is 0 Å². The second-order valence-electron chi connectivity index (χ2n) is 7.86. The Kier molecular flexibility index (Phi) is 7.58. The molecule has 6 heteroatoms. The maximum absolute atomic E-state index is 5.82. The molecule has 0 radical (unpaired) electrons. The molecule has 0 amide bonds. The topological polar surface area (TPSA) is 61.8 Å². The van der Waals surface area contributed by atoms with Crippen LogP contribution in [-0.2, 0) is 13.2 Å². The summed E-state index contributed by atoms with van der Waals surface area (Å²) in [4.78, 5) is 11.5. The highest BCUT2D eigenvalue weighted by Crippen LogP contribution is 2.19. The Labute approximate surface area is 190 Å². The van der Waals surface area contributed by atoms with Crippen molar-refractivity contribution in [1.82, 2.24) is 15.6 Å². The molecule has 32 heavy (non-hydrogen) atoms. The second kappa shape index (κ2) is 11.2. The Hall–Kier alpha value is -3.54. The highest BCUT2D eigenvalue weighted by molar-refractivity contribution is 5.80. The standard InChI is InChI=1S/C26H31N5O/c1-2-27-26(30-22-15-17-31(19-22)24-9-4-3-5-10-24)29-18-21-11-13-25(14-12-21)32-20-23-8-6-7-16-28-23/h3-14,16,22H,2,15,17-20H2,1H3,(H2,27,29,30). The van der Waals surface area contributed by atoms with Crippen LogP contribution in [0.1, 0.15) is 24.6 Å². The van der Waals surface area contributed by atoms with Crippen LogP contribution in [0.4, 0.5) is 5.69 Å². The van der Waals surface area contributed by atoms with Crippen molar-refractivity contribution in [1.29, 1.82) is 0 Å². The molecule has 0 saturated carbocycles. The third-order valence-electron chi connectivity index (χ3n) is 5.45. The second-order valence-corrected chi connectivity index (χ2v) is 7.86. The molecule has 2 heterocycles. The summed E-state index contributed by atoms with van der Waals surface area (Å²) < 4.78 is 5.82. The van der Waals surface area contributed by atoms with E-state index in [4.69, 9.17) is 9.73 Å². The molecule has 1 unspecified atom stereocenters. The van der Waals surface area contributed by atoms with Gasteiger partial charge in [-0.15, -0.1) is 0 Å². The van der Waals surface area contributed by atoms with Crippen molar-refractivity contribution in [3.05, 3.63) is 90.3 Å². The molecule has 166 valence electrons. The van der Waals surface area contributed by atoms with Crippen LogP contribution < -0.4 is 20.3 Å². The Balaban J connectivity index is 1.29. The van der Waals surface area contributed by atoms with Crippen LogP contribution in [0.15, 0.2) is 84.0 Å². The summed E-state index contributed by atoms with van der Waals surface area (Å²) in [5.74, 6) is 1.70. The number of guanidine groups is 1. The van der Waals surface area contributed by atoms with Gasteiger partial charge in [0, 0.05) is 37.6 Å². The lowest BCUT2D eigenvalue weighted by Gasteiger charge is -2.20. The Bertz CT molecular complexity index is 976. The molecule has 1 aromatic heterocycles. The lowest BCUT2D eigenvalue weighted by atomic mass is 10.2. The number of rotatable bonds is 8. The van der Waals surface area contributed by atoms with E-state index < -0.39 is 0 Å². The summed E-state index contributed by atoms with van der Waals surface area (Å²) in [6.07, 6.45) is 2.88. The van der Waals surface area contributed by atoms with Crippen molar-refractivity contribution >= 4 is 11.6 Å². The highest BCUT2D eigenvalue weighted by Gasteiger charge is 2.23. The number of aromatic nitrogens is 1. The van der Waals surface area contributed by atoms with Crippen LogP contribution >= 0.6 is 0 Å². The van der Waals surface area contributed by atoms with Crippen LogP contribution in [0.2, 0.25) is 0 Å². The van der Waals surface area contributed by atoms with E-state index in [-0.39, 0.29) is 0 Å². The minimum absolute atomic E-state index is 0.385. The molecule has 1 saturated heterocycles. The number of anilines is 1. The van der Waals surface area contributed by atoms with Crippen LogP contribution in [0, 0.1) is 0 Å². The zero-order chi connectivity index (χ0) is 22.0. The van der Waals surface area contributed by atoms with E-state index in [1.54, 1.807) is 6.20 Å². The number of aliphatic imine (C=N–C) groups is 1. The van der Waals surface area contributed by atoms with E-state index in [0.29, 0.717) is 19.2 Å². The first-order valence-electron chi connectivity index (χ1n) is 11.3. The molecule has 6 nitrogen and oxygen atoms in total. The number of para-hydroxylation sites is 1. The Morgan fingerprint density at radius 2 is 1.88 bits per heavy atom. The van der Waals surface area contributed by atoms with Gasteiger partial charge in [-0.2, -0.15) is 0 Å². The van der Waals surface area contributed by atoms with Crippen molar-refractivity contribution in [3.63, 3.8) is 0 Å². The molecular formula is C26H31N5O. The van der Waals surface area contributed by atoms with E-state index in [0.717, 1.165) is 49.0 Å². The fourth-order valence-corrected chi connectivity index (χ4v) is 3.77. The molecule has 1 aliphatic heterocycles. The van der Waals surface area contributed by atoms with Crippen molar-refractivity contribution in [2.24, 2.45) is 4.99 Å². The van der Waals surface area contributed by atoms with Crippen LogP contribution in [0.3, 0.4) is 0 Å². The zero-order valence-electron chi connectivity index (χ0n) is 18.6. The van der Waals surface area contributed by atoms with Gasteiger partial charge in [-0.1, -0.05) is 36.4 Å². The summed E-state index contributed by atoms with van der Waals surface area (Å²) in [6.45, 7) is 6.05. The van der Waals surface area contributed by atoms with E-state index in [1.165, 1.54) is 5.69 Å². The predicted molar refractivity (Wildman–Crippen MR) is 130 cm³/mol. The molecule has 2 aromatic carbocycles. The summed E-state index contributed by atoms with van der Waals surface area (Å²) >= 11 is 0. The Morgan fingerprint density at radius 3 is 2.62 bits per heavy atom. The predicted octanol–water partition coefficient (Wildman–Crippen LogP) is 3.99. The number of hydrogen-bond donors (Lipinski definition) is 2. The Morgan fingerprint density at radius 1 is 1.06 bits per heavy atom. The molecule has 3 aromatic rings. The molecule has 1 atom stereocenters. The smallest absolute Gasteiger partial charge is 0.191 e. The number of nitrogens with zero attached hydrogens (tertiary/aromatic N) is 3. The van der Waals surface area contributed by atoms with Crippen LogP contribution in [0.25, 0.3) is 0 Å². The first-order chi connectivity index (χ1) is 15.8. The third kappa shape index (κ3) is 6.23. The molecule has 1 aliphatic rings. The molecule has 4 rings (SSSR count). The van der Waals surface area contributed by atoms with Crippen molar-refractivity contribution in [2.75, 3.05) is 24.5 Å². The first-order valence-corrected chi connectivity index (χ1v) is 11.3. The summed E-state index contributed by atoms with van der Waals surface area (Å²) in [5.41, 5.74) is 3.34. The molecule has 0 bridgehead atoms. The molecular weight excluding hydrogens is 398 g/mol. The minimum Gasteiger partial charge on any atom is -0.487 e. The number of ether oxygens (including phenoxy) is 1. The van der Waals surface area contributed by atoms with Gasteiger partial charge in [-0.05, 0) is 55.3 Å². The monoisotopic (exact) mass is 429 g/mol. The first kappa shape index (κ1) is 21.7. The average molecular weight is 430 g/mol. The number of nitrogens with one attached hydrogen (secondary N) is 2. The summed E-state index contributed by atoms with van der Waals surface area (Å²) in [6, 6.07) is 24.9. The quantitative estimate of drug-likeness (QED) is 0.419. The fraction of sp³-hybridized carbons (Fsp3) is 0.308. The maximum Gasteiger partial charge on any atom is 0.191 e. The normalized spacial score (nSPS) is 16.1. The van der Waals surface area contributed by atoms with Gasteiger partial charge < -0.3 is 20.3 Å². The maximum atomic E-state index is 5.82. The number of pyridine rings is 1. The van der Waals surface area contributed by atoms with Gasteiger partial charge in [0.2, 0.25) is 0 Å². The van der Waals surface area contributed by atoms with Gasteiger partial charge in [0.25, 0.3) is 0 Å². The van der Waals surface area contributed by atoms with E-state index >= 15 is 0 Å². The summed E-state index contributed by atoms with van der Waals surface area (Å²) in [5, 5.41) is 6.98. The zero-order valence-corrected chi connectivity index (χ0v) is 18.6. The van der Waals surface area contributed by atoms with Crippen molar-refractivity contribution in [3.8, 4) is 5.75 Å². The van der Waals surface area contributed by atoms with Gasteiger partial charge in [0.15, 0.2) is 5.96 Å². The molecule has 0 spiro atoms. The highest BCUT2D eigenvalue weighted by atomic mass is 16.5. The average Bonchev–Trinajstić information content (AvgIpc) is 3.32. The fourth-order valence-electron chi connectivity index (χ4n) is 3.77. The van der Waals surface area contributed by atoms with E-state index in [2.05, 4.69) is 69.9 Å². The minimum atomic E-state index is 0.385. The number of benzene rings is 2. The third-order valence-corrected chi connectivity index (χ3v) is 5.45. The molecule has 1 fully saturated rings. The van der Waals surface area contributed by atoms with Gasteiger partial charge in [-0.3, -0.25) is 4.98 Å². The van der Waals surface area contributed by atoms with Crippen LogP contribution in [0.5, 0.6) is 5.75 Å². The van der Waals surface area contributed by atoms with Gasteiger partial charge in [0.05, 0.1) is 12.2 Å². The molecule has 0 aliphatic carbocycles. The molecule has 2 N–H and O–H groups in total. The summed E-state index contributed by atoms with van der Waals surface area (Å²) in [7, 11) is 0. The largest absolute Gasteiger partial charge is 0.487 e. The van der Waals surface area contributed by atoms with Crippen molar-refractivity contribution in [2.45, 2.75) is 32.5 Å². The van der Waals surface area contributed by atoms with E-state index in [1.807, 2.05) is 30.3 Å². The SMILES string of the molecule is CCNC(=NCc1ccc(OCc2ccccn2)cc1)NC1CCN(c2ccccc2)C1. The lowest BCUT2D eigenvalue weighted by molar-refractivity contribution is 0.301. The van der Waals surface area contributed by atoms with Gasteiger partial charge in [0.1, 0.15) is 12.4 Å². The van der Waals surface area contributed by atoms with Crippen molar-refractivity contribution < 1.29 is 4.74 Å².